The summed E-state index contributed by atoms with van der Waals surface area (Å²) in [6.45, 7) is 4.37. The number of ether oxygens (including phenoxy) is 1. The van der Waals surface area contributed by atoms with Crippen LogP contribution in [0.1, 0.15) is 13.8 Å². The largest absolute Gasteiger partial charge is 0.383 e. The highest BCUT2D eigenvalue weighted by molar-refractivity contribution is 7.99. The standard InChI is InChI=1S/C15H24N8O4S/c1-9(2)6-22-12(16)11(13(25)19-14(22)26)21(4-5-27-3)10(24)7-28-15-20-18-8-23(15)17/h8-9H,4-7,16-17H2,1-3H3,(H,19,25,26). The number of thioether (sulfide) groups is 1. The fourth-order valence-electron chi connectivity index (χ4n) is 2.47. The highest BCUT2D eigenvalue weighted by Gasteiger charge is 2.24. The minimum absolute atomic E-state index is 0.0677. The van der Waals surface area contributed by atoms with Crippen molar-refractivity contribution >= 4 is 29.2 Å². The van der Waals surface area contributed by atoms with E-state index >= 15 is 0 Å². The van der Waals surface area contributed by atoms with Crippen molar-refractivity contribution in [3.8, 4) is 0 Å². The molecule has 2 aromatic heterocycles. The lowest BCUT2D eigenvalue weighted by atomic mass is 10.2. The lowest BCUT2D eigenvalue weighted by Crippen LogP contribution is -2.43. The SMILES string of the molecule is COCCN(C(=O)CSc1nncn1N)c1c(N)n(CC(C)C)c(=O)[nH]c1=O. The Labute approximate surface area is 164 Å². The maximum absolute atomic E-state index is 12.8. The van der Waals surface area contributed by atoms with E-state index in [0.29, 0.717) is 11.7 Å². The summed E-state index contributed by atoms with van der Waals surface area (Å²) < 4.78 is 7.47. The van der Waals surface area contributed by atoms with Gasteiger partial charge in [-0.1, -0.05) is 25.6 Å². The van der Waals surface area contributed by atoms with Crippen LogP contribution >= 0.6 is 11.8 Å². The second-order valence-electron chi connectivity index (χ2n) is 6.35. The zero-order valence-electron chi connectivity index (χ0n) is 15.9. The number of H-pyrrole nitrogens is 1. The Hall–Kier alpha value is -2.80. The fraction of sp³-hybridized carbons (Fsp3) is 0.533. The van der Waals surface area contributed by atoms with E-state index in [-0.39, 0.29) is 36.3 Å². The van der Waals surface area contributed by atoms with Crippen molar-refractivity contribution < 1.29 is 9.53 Å². The zero-order chi connectivity index (χ0) is 20.8. The van der Waals surface area contributed by atoms with Crippen molar-refractivity contribution in [2.24, 2.45) is 5.92 Å². The quantitative estimate of drug-likeness (QED) is 0.340. The molecule has 0 spiro atoms. The van der Waals surface area contributed by atoms with E-state index < -0.39 is 17.2 Å². The van der Waals surface area contributed by atoms with E-state index in [2.05, 4.69) is 15.2 Å². The summed E-state index contributed by atoms with van der Waals surface area (Å²) in [5.41, 5.74) is 4.67. The molecule has 0 fully saturated rings. The van der Waals surface area contributed by atoms with Gasteiger partial charge in [-0.2, -0.15) is 0 Å². The van der Waals surface area contributed by atoms with Gasteiger partial charge in [0.1, 0.15) is 12.1 Å². The van der Waals surface area contributed by atoms with Gasteiger partial charge < -0.3 is 21.2 Å². The second-order valence-corrected chi connectivity index (χ2v) is 7.29. The number of anilines is 2. The average molecular weight is 412 g/mol. The van der Waals surface area contributed by atoms with Crippen molar-refractivity contribution in [2.45, 2.75) is 25.5 Å². The number of nitrogens with one attached hydrogen (secondary N) is 1. The molecular formula is C15H24N8O4S. The van der Waals surface area contributed by atoms with Gasteiger partial charge >= 0.3 is 5.69 Å². The Kier molecular flexibility index (Phi) is 7.23. The number of nitrogen functional groups attached to an aromatic ring is 2. The molecule has 2 rings (SSSR count). The molecule has 2 aromatic rings. The first kappa shape index (κ1) is 21.5. The number of nitrogens with zero attached hydrogens (tertiary/aromatic N) is 5. The molecule has 2 heterocycles. The van der Waals surface area contributed by atoms with E-state index in [4.69, 9.17) is 16.3 Å². The number of aromatic amines is 1. The number of nitrogens with two attached hydrogens (primary N) is 2. The third kappa shape index (κ3) is 4.92. The number of aromatic nitrogens is 5. The first-order valence-electron chi connectivity index (χ1n) is 8.46. The highest BCUT2D eigenvalue weighted by Crippen LogP contribution is 2.20. The second kappa shape index (κ2) is 9.41. The van der Waals surface area contributed by atoms with Crippen LogP contribution in [0.25, 0.3) is 0 Å². The maximum Gasteiger partial charge on any atom is 0.330 e. The Morgan fingerprint density at radius 1 is 1.43 bits per heavy atom. The third-order valence-electron chi connectivity index (χ3n) is 3.72. The van der Waals surface area contributed by atoms with Crippen molar-refractivity contribution in [3.05, 3.63) is 27.2 Å². The highest BCUT2D eigenvalue weighted by atomic mass is 32.2. The fourth-order valence-corrected chi connectivity index (χ4v) is 3.18. The van der Waals surface area contributed by atoms with Gasteiger partial charge in [0.15, 0.2) is 5.69 Å². The Morgan fingerprint density at radius 3 is 2.71 bits per heavy atom. The van der Waals surface area contributed by atoms with Gasteiger partial charge in [-0.25, -0.2) is 9.47 Å². The molecule has 0 unspecified atom stereocenters. The minimum atomic E-state index is -0.737. The molecule has 13 heteroatoms. The molecule has 0 atom stereocenters. The Balaban J connectivity index is 2.38. The summed E-state index contributed by atoms with van der Waals surface area (Å²) >= 11 is 1.06. The normalized spacial score (nSPS) is 11.1. The summed E-state index contributed by atoms with van der Waals surface area (Å²) in [4.78, 5) is 40.9. The van der Waals surface area contributed by atoms with E-state index in [1.54, 1.807) is 0 Å². The van der Waals surface area contributed by atoms with Crippen LogP contribution in [0.2, 0.25) is 0 Å². The van der Waals surface area contributed by atoms with Crippen molar-refractivity contribution in [3.63, 3.8) is 0 Å². The molecule has 5 N–H and O–H groups in total. The number of carbonyl (C=O) groups is 1. The molecule has 0 bridgehead atoms. The number of methoxy groups -OCH3 is 1. The van der Waals surface area contributed by atoms with Gasteiger partial charge in [0.2, 0.25) is 11.1 Å². The first-order valence-corrected chi connectivity index (χ1v) is 9.44. The lowest BCUT2D eigenvalue weighted by Gasteiger charge is -2.24. The molecule has 0 aliphatic heterocycles. The third-order valence-corrected chi connectivity index (χ3v) is 4.66. The summed E-state index contributed by atoms with van der Waals surface area (Å²) in [5, 5.41) is 7.77. The molecule has 0 saturated carbocycles. The first-order chi connectivity index (χ1) is 13.3. The minimum Gasteiger partial charge on any atom is -0.383 e. The molecule has 0 aliphatic carbocycles. The molecule has 0 radical (unpaired) electrons. The summed E-state index contributed by atoms with van der Waals surface area (Å²) in [7, 11) is 1.47. The van der Waals surface area contributed by atoms with Crippen LogP contribution in [0, 0.1) is 5.92 Å². The molecule has 0 saturated heterocycles. The van der Waals surface area contributed by atoms with Gasteiger partial charge in [-0.3, -0.25) is 19.1 Å². The van der Waals surface area contributed by atoms with Gasteiger partial charge in [-0.05, 0) is 5.92 Å². The molecular weight excluding hydrogens is 388 g/mol. The predicted octanol–water partition coefficient (Wildman–Crippen LogP) is -1.15. The van der Waals surface area contributed by atoms with Gasteiger partial charge in [0.25, 0.3) is 5.56 Å². The van der Waals surface area contributed by atoms with Gasteiger partial charge in [0.05, 0.1) is 12.4 Å². The Morgan fingerprint density at radius 2 is 2.14 bits per heavy atom. The molecule has 154 valence electrons. The van der Waals surface area contributed by atoms with Crippen LogP contribution in [0.4, 0.5) is 11.5 Å². The number of hydrogen-bond acceptors (Lipinski definition) is 9. The van der Waals surface area contributed by atoms with E-state index in [1.165, 1.54) is 27.6 Å². The topological polar surface area (TPSA) is 167 Å². The van der Waals surface area contributed by atoms with Crippen LogP contribution in [-0.4, -0.2) is 56.3 Å². The lowest BCUT2D eigenvalue weighted by molar-refractivity contribution is -0.116. The van der Waals surface area contributed by atoms with Crippen LogP contribution in [0.3, 0.4) is 0 Å². The Bertz CT molecular complexity index is 935. The van der Waals surface area contributed by atoms with Gasteiger partial charge in [-0.15, -0.1) is 10.2 Å². The van der Waals surface area contributed by atoms with Crippen LogP contribution in [-0.2, 0) is 16.1 Å². The van der Waals surface area contributed by atoms with E-state index in [1.807, 2.05) is 13.8 Å². The van der Waals surface area contributed by atoms with Gasteiger partial charge in [0, 0.05) is 20.2 Å². The van der Waals surface area contributed by atoms with E-state index in [0.717, 1.165) is 11.8 Å². The summed E-state index contributed by atoms with van der Waals surface area (Å²) in [6, 6.07) is 0. The van der Waals surface area contributed by atoms with Crippen LogP contribution < -0.4 is 27.7 Å². The van der Waals surface area contributed by atoms with Crippen molar-refractivity contribution in [1.82, 2.24) is 24.4 Å². The smallest absolute Gasteiger partial charge is 0.330 e. The number of carbonyl (C=O) groups excluding carboxylic acids is 1. The summed E-state index contributed by atoms with van der Waals surface area (Å²) in [5.74, 6) is 5.19. The van der Waals surface area contributed by atoms with Crippen LogP contribution in [0.5, 0.6) is 0 Å². The van der Waals surface area contributed by atoms with Crippen LogP contribution in [0.15, 0.2) is 21.1 Å². The summed E-state index contributed by atoms with van der Waals surface area (Å²) in [6.07, 6.45) is 1.31. The molecule has 28 heavy (non-hydrogen) atoms. The predicted molar refractivity (Wildman–Crippen MR) is 106 cm³/mol. The molecule has 1 amide bonds. The van der Waals surface area contributed by atoms with Crippen molar-refractivity contribution in [1.29, 1.82) is 0 Å². The number of hydrogen-bond donors (Lipinski definition) is 3. The zero-order valence-corrected chi connectivity index (χ0v) is 16.7. The number of amides is 1. The number of rotatable bonds is 9. The monoisotopic (exact) mass is 412 g/mol. The molecule has 0 aromatic carbocycles. The van der Waals surface area contributed by atoms with Crippen molar-refractivity contribution in [2.75, 3.05) is 42.5 Å². The molecule has 0 aliphatic rings. The van der Waals surface area contributed by atoms with E-state index in [9.17, 15) is 14.4 Å². The average Bonchev–Trinajstić information content (AvgIpc) is 3.04. The maximum atomic E-state index is 12.8. The molecule has 12 nitrogen and oxygen atoms in total.